The summed E-state index contributed by atoms with van der Waals surface area (Å²) in [5.74, 6) is -0.0130. The standard InChI is InChI=1S/C21H16Cl2N2O2/c22-12-5-6-15(16(23)11-12)21(27)24-10-9-14-13-3-1-2-4-17(13)25-19(26)8-7-18(24)20(14)25/h1-6,11,18H,7-10H2. The van der Waals surface area contributed by atoms with E-state index < -0.39 is 0 Å². The van der Waals surface area contributed by atoms with Gasteiger partial charge in [-0.3, -0.25) is 14.2 Å². The van der Waals surface area contributed by atoms with Crippen molar-refractivity contribution >= 4 is 45.9 Å². The van der Waals surface area contributed by atoms with E-state index in [4.69, 9.17) is 23.2 Å². The number of rotatable bonds is 1. The highest BCUT2D eigenvalue weighted by Gasteiger charge is 2.40. The molecule has 0 saturated heterocycles. The van der Waals surface area contributed by atoms with Crippen LogP contribution in [-0.4, -0.2) is 27.8 Å². The molecule has 0 spiro atoms. The van der Waals surface area contributed by atoms with Crippen molar-refractivity contribution in [3.8, 4) is 0 Å². The molecule has 0 N–H and O–H groups in total. The van der Waals surface area contributed by atoms with Crippen LogP contribution in [0.15, 0.2) is 42.5 Å². The Morgan fingerprint density at radius 2 is 1.89 bits per heavy atom. The van der Waals surface area contributed by atoms with Gasteiger partial charge in [-0.15, -0.1) is 0 Å². The summed E-state index contributed by atoms with van der Waals surface area (Å²) >= 11 is 12.2. The molecule has 3 aromatic rings. The van der Waals surface area contributed by atoms with E-state index in [1.165, 1.54) is 5.56 Å². The average Bonchev–Trinajstić information content (AvgIpc) is 3.00. The molecule has 1 amide bonds. The van der Waals surface area contributed by atoms with Gasteiger partial charge in [-0.25, -0.2) is 0 Å². The predicted octanol–water partition coefficient (Wildman–Crippen LogP) is 5.12. The molecule has 1 atom stereocenters. The Morgan fingerprint density at radius 1 is 1.07 bits per heavy atom. The van der Waals surface area contributed by atoms with Crippen molar-refractivity contribution in [3.63, 3.8) is 0 Å². The lowest BCUT2D eigenvalue weighted by Crippen LogP contribution is -2.43. The van der Waals surface area contributed by atoms with E-state index in [1.807, 2.05) is 27.7 Å². The van der Waals surface area contributed by atoms with Crippen LogP contribution in [-0.2, 0) is 6.42 Å². The van der Waals surface area contributed by atoms with Crippen LogP contribution in [0.2, 0.25) is 10.0 Å². The number of benzene rings is 2. The SMILES string of the molecule is O=C(c1ccc(Cl)cc1Cl)N1CCc2c3n(c4ccccc24)C(=O)CCC31. The first kappa shape index (κ1) is 16.8. The van der Waals surface area contributed by atoms with Gasteiger partial charge in [-0.1, -0.05) is 41.4 Å². The molecule has 2 aliphatic rings. The average molecular weight is 399 g/mol. The maximum Gasteiger partial charge on any atom is 0.255 e. The van der Waals surface area contributed by atoms with E-state index >= 15 is 0 Å². The second-order valence-electron chi connectivity index (χ2n) is 7.04. The molecule has 1 unspecified atom stereocenters. The van der Waals surface area contributed by atoms with E-state index in [9.17, 15) is 9.59 Å². The molecule has 0 saturated carbocycles. The number of hydrogen-bond acceptors (Lipinski definition) is 2. The molecule has 1 aromatic heterocycles. The molecule has 3 heterocycles. The smallest absolute Gasteiger partial charge is 0.255 e. The third-order valence-electron chi connectivity index (χ3n) is 5.62. The first-order valence-corrected chi connectivity index (χ1v) is 9.73. The maximum atomic E-state index is 13.2. The summed E-state index contributed by atoms with van der Waals surface area (Å²) in [4.78, 5) is 27.8. The highest BCUT2D eigenvalue weighted by molar-refractivity contribution is 6.36. The predicted molar refractivity (Wildman–Crippen MR) is 106 cm³/mol. The fourth-order valence-electron chi connectivity index (χ4n) is 4.47. The maximum absolute atomic E-state index is 13.2. The number of aromatic nitrogens is 1. The van der Waals surface area contributed by atoms with Crippen LogP contribution in [0.3, 0.4) is 0 Å². The highest BCUT2D eigenvalue weighted by atomic mass is 35.5. The van der Waals surface area contributed by atoms with Gasteiger partial charge in [0.05, 0.1) is 27.8 Å². The van der Waals surface area contributed by atoms with Gasteiger partial charge < -0.3 is 4.90 Å². The van der Waals surface area contributed by atoms with Gasteiger partial charge in [0, 0.05) is 23.4 Å². The molecule has 4 nitrogen and oxygen atoms in total. The van der Waals surface area contributed by atoms with Crippen molar-refractivity contribution in [2.75, 3.05) is 6.54 Å². The Balaban J connectivity index is 1.64. The Morgan fingerprint density at radius 3 is 2.70 bits per heavy atom. The van der Waals surface area contributed by atoms with Crippen LogP contribution in [0.5, 0.6) is 0 Å². The van der Waals surface area contributed by atoms with Gasteiger partial charge in [0.1, 0.15) is 0 Å². The zero-order valence-electron chi connectivity index (χ0n) is 14.4. The molecular weight excluding hydrogens is 383 g/mol. The van der Waals surface area contributed by atoms with Crippen LogP contribution in [0.25, 0.3) is 10.9 Å². The van der Waals surface area contributed by atoms with Crippen molar-refractivity contribution in [2.24, 2.45) is 0 Å². The second-order valence-corrected chi connectivity index (χ2v) is 7.88. The van der Waals surface area contributed by atoms with Gasteiger partial charge in [0.15, 0.2) is 0 Å². The summed E-state index contributed by atoms with van der Waals surface area (Å²) in [5.41, 5.74) is 3.55. The number of amides is 1. The molecule has 2 aliphatic heterocycles. The Hall–Kier alpha value is -2.30. The Bertz CT molecular complexity index is 1120. The first-order chi connectivity index (χ1) is 13.1. The van der Waals surface area contributed by atoms with Crippen molar-refractivity contribution in [1.29, 1.82) is 0 Å². The topological polar surface area (TPSA) is 42.3 Å². The van der Waals surface area contributed by atoms with Gasteiger partial charge in [0.2, 0.25) is 5.91 Å². The minimum absolute atomic E-state index is 0.0996. The number of fused-ring (bicyclic) bond motifs is 3. The van der Waals surface area contributed by atoms with E-state index in [0.717, 1.165) is 23.0 Å². The lowest BCUT2D eigenvalue weighted by atomic mass is 9.91. The molecule has 0 fully saturated rings. The third kappa shape index (κ3) is 2.43. The largest absolute Gasteiger partial charge is 0.330 e. The minimum Gasteiger partial charge on any atom is -0.330 e. The van der Waals surface area contributed by atoms with Crippen LogP contribution in [0, 0.1) is 0 Å². The summed E-state index contributed by atoms with van der Waals surface area (Å²) in [6.07, 6.45) is 1.79. The van der Waals surface area contributed by atoms with E-state index in [2.05, 4.69) is 6.07 Å². The van der Waals surface area contributed by atoms with Crippen molar-refractivity contribution in [1.82, 2.24) is 9.47 Å². The van der Waals surface area contributed by atoms with Gasteiger partial charge in [0.25, 0.3) is 5.91 Å². The quantitative estimate of drug-likeness (QED) is 0.570. The van der Waals surface area contributed by atoms with Crippen molar-refractivity contribution in [3.05, 3.63) is 69.3 Å². The minimum atomic E-state index is -0.113. The van der Waals surface area contributed by atoms with E-state index in [-0.39, 0.29) is 17.9 Å². The number of halogens is 2. The molecule has 0 bridgehead atoms. The van der Waals surface area contributed by atoms with Crippen molar-refractivity contribution < 1.29 is 9.59 Å². The van der Waals surface area contributed by atoms with Crippen LogP contribution in [0.1, 0.15) is 45.3 Å². The zero-order valence-corrected chi connectivity index (χ0v) is 15.9. The molecule has 0 aliphatic carbocycles. The van der Waals surface area contributed by atoms with E-state index in [1.54, 1.807) is 18.2 Å². The third-order valence-corrected chi connectivity index (χ3v) is 6.17. The summed E-state index contributed by atoms with van der Waals surface area (Å²) in [6, 6.07) is 12.8. The van der Waals surface area contributed by atoms with Crippen LogP contribution >= 0.6 is 23.2 Å². The molecule has 6 heteroatoms. The fraction of sp³-hybridized carbons (Fsp3) is 0.238. The van der Waals surface area contributed by atoms with Gasteiger partial charge >= 0.3 is 0 Å². The number of para-hydroxylation sites is 1. The second kappa shape index (κ2) is 6.11. The fourth-order valence-corrected chi connectivity index (χ4v) is 4.96. The van der Waals surface area contributed by atoms with Gasteiger partial charge in [-0.2, -0.15) is 0 Å². The van der Waals surface area contributed by atoms with E-state index in [0.29, 0.717) is 35.0 Å². The number of hydrogen-bond donors (Lipinski definition) is 0. The monoisotopic (exact) mass is 398 g/mol. The number of carbonyl (C=O) groups is 2. The molecule has 27 heavy (non-hydrogen) atoms. The summed E-state index contributed by atoms with van der Waals surface area (Å²) in [5, 5.41) is 1.97. The Labute approximate surface area is 166 Å². The first-order valence-electron chi connectivity index (χ1n) is 8.97. The summed E-state index contributed by atoms with van der Waals surface area (Å²) in [7, 11) is 0. The lowest BCUT2D eigenvalue weighted by molar-refractivity contribution is 0.0593. The molecule has 5 rings (SSSR count). The van der Waals surface area contributed by atoms with Crippen LogP contribution < -0.4 is 0 Å². The Kier molecular flexibility index (Phi) is 3.81. The van der Waals surface area contributed by atoms with Crippen molar-refractivity contribution in [2.45, 2.75) is 25.3 Å². The summed E-state index contributed by atoms with van der Waals surface area (Å²) in [6.45, 7) is 0.609. The zero-order chi connectivity index (χ0) is 18.7. The molecule has 0 radical (unpaired) electrons. The molecule has 2 aromatic carbocycles. The number of nitrogens with zero attached hydrogens (tertiary/aromatic N) is 2. The molecular formula is C21H16Cl2N2O2. The lowest BCUT2D eigenvalue weighted by Gasteiger charge is -2.39. The molecule has 136 valence electrons. The van der Waals surface area contributed by atoms with Crippen LogP contribution in [0.4, 0.5) is 0 Å². The number of carbonyl (C=O) groups excluding carboxylic acids is 2. The van der Waals surface area contributed by atoms with Gasteiger partial charge in [-0.05, 0) is 42.7 Å². The highest BCUT2D eigenvalue weighted by Crippen LogP contribution is 2.43. The normalized spacial score (nSPS) is 18.7. The summed E-state index contributed by atoms with van der Waals surface area (Å²) < 4.78 is 1.82.